The molecule has 0 aliphatic rings. The number of methoxy groups -OCH3 is 1. The van der Waals surface area contributed by atoms with Crippen molar-refractivity contribution in [3.05, 3.63) is 18.3 Å². The van der Waals surface area contributed by atoms with Gasteiger partial charge in [0.05, 0.1) is 13.3 Å². The molecular weight excluding hydrogens is 242 g/mol. The lowest BCUT2D eigenvalue weighted by Crippen LogP contribution is -2.48. The van der Waals surface area contributed by atoms with Gasteiger partial charge in [0.15, 0.2) is 0 Å². The van der Waals surface area contributed by atoms with E-state index in [4.69, 9.17) is 10.5 Å². The monoisotopic (exact) mass is 259 g/mol. The number of nitrogens with one attached hydrogen (secondary N) is 1. The van der Waals surface area contributed by atoms with Gasteiger partial charge in [-0.2, -0.15) is 0 Å². The Labute approximate surface area is 101 Å². The van der Waals surface area contributed by atoms with Gasteiger partial charge in [-0.25, -0.2) is 18.1 Å². The highest BCUT2D eigenvalue weighted by atomic mass is 32.2. The van der Waals surface area contributed by atoms with E-state index in [0.717, 1.165) is 0 Å². The van der Waals surface area contributed by atoms with Gasteiger partial charge in [-0.15, -0.1) is 0 Å². The van der Waals surface area contributed by atoms with Crippen LogP contribution in [0.1, 0.15) is 13.8 Å². The lowest BCUT2D eigenvalue weighted by molar-refractivity contribution is 0.397. The van der Waals surface area contributed by atoms with Gasteiger partial charge in [0.1, 0.15) is 4.90 Å². The van der Waals surface area contributed by atoms with Gasteiger partial charge in [-0.1, -0.05) is 0 Å². The summed E-state index contributed by atoms with van der Waals surface area (Å²) in [5.41, 5.74) is 4.78. The molecule has 0 saturated carbocycles. The van der Waals surface area contributed by atoms with E-state index in [1.165, 1.54) is 25.4 Å². The topological polar surface area (TPSA) is 94.3 Å². The Kier molecular flexibility index (Phi) is 4.07. The van der Waals surface area contributed by atoms with Crippen LogP contribution in [0.4, 0.5) is 0 Å². The second-order valence-corrected chi connectivity index (χ2v) is 5.91. The maximum atomic E-state index is 12.0. The van der Waals surface area contributed by atoms with E-state index in [-0.39, 0.29) is 11.4 Å². The third kappa shape index (κ3) is 3.65. The number of nitrogens with zero attached hydrogens (tertiary/aromatic N) is 1. The van der Waals surface area contributed by atoms with E-state index in [1.807, 2.05) is 0 Å². The van der Waals surface area contributed by atoms with E-state index in [9.17, 15) is 8.42 Å². The summed E-state index contributed by atoms with van der Waals surface area (Å²) in [6, 6.07) is 2.92. The molecule has 1 aromatic heterocycles. The van der Waals surface area contributed by atoms with Crippen LogP contribution in [0.25, 0.3) is 0 Å². The van der Waals surface area contributed by atoms with Crippen molar-refractivity contribution < 1.29 is 13.2 Å². The molecule has 0 amide bonds. The Morgan fingerprint density at radius 1 is 1.47 bits per heavy atom. The summed E-state index contributed by atoms with van der Waals surface area (Å²) in [4.78, 5) is 3.93. The van der Waals surface area contributed by atoms with Gasteiger partial charge >= 0.3 is 0 Å². The van der Waals surface area contributed by atoms with Gasteiger partial charge in [-0.3, -0.25) is 0 Å². The summed E-state index contributed by atoms with van der Waals surface area (Å²) in [5.74, 6) is 0.363. The van der Waals surface area contributed by atoms with Crippen molar-refractivity contribution in [3.8, 4) is 5.88 Å². The molecule has 0 spiro atoms. The number of hydrogen-bond acceptors (Lipinski definition) is 5. The van der Waals surface area contributed by atoms with Gasteiger partial charge < -0.3 is 10.5 Å². The third-order valence-corrected chi connectivity index (χ3v) is 3.83. The maximum absolute atomic E-state index is 12.0. The van der Waals surface area contributed by atoms with Crippen molar-refractivity contribution in [2.75, 3.05) is 13.7 Å². The largest absolute Gasteiger partial charge is 0.481 e. The predicted molar refractivity (Wildman–Crippen MR) is 64.2 cm³/mol. The summed E-state index contributed by atoms with van der Waals surface area (Å²) in [5, 5.41) is 0. The number of sulfonamides is 1. The van der Waals surface area contributed by atoms with Crippen molar-refractivity contribution in [3.63, 3.8) is 0 Å². The Balaban J connectivity index is 2.97. The number of nitrogens with two attached hydrogens (primary N) is 1. The highest BCUT2D eigenvalue weighted by molar-refractivity contribution is 7.89. The predicted octanol–water partition coefficient (Wildman–Crippen LogP) is 0.106. The van der Waals surface area contributed by atoms with Gasteiger partial charge in [0.25, 0.3) is 0 Å². The first-order chi connectivity index (χ1) is 7.80. The molecule has 0 unspecified atom stereocenters. The SMILES string of the molecule is COc1ccc(S(=O)(=O)NC(C)(C)CN)cn1. The van der Waals surface area contributed by atoms with Crippen molar-refractivity contribution in [1.29, 1.82) is 0 Å². The van der Waals surface area contributed by atoms with Gasteiger partial charge in [0.2, 0.25) is 15.9 Å². The first kappa shape index (κ1) is 13.9. The number of rotatable bonds is 5. The van der Waals surface area contributed by atoms with Crippen molar-refractivity contribution in [2.24, 2.45) is 5.73 Å². The lowest BCUT2D eigenvalue weighted by Gasteiger charge is -2.23. The van der Waals surface area contributed by atoms with E-state index in [2.05, 4.69) is 9.71 Å². The fraction of sp³-hybridized carbons (Fsp3) is 0.500. The zero-order valence-electron chi connectivity index (χ0n) is 10.1. The minimum Gasteiger partial charge on any atom is -0.481 e. The first-order valence-corrected chi connectivity index (χ1v) is 6.53. The van der Waals surface area contributed by atoms with Crippen LogP contribution in [-0.2, 0) is 10.0 Å². The van der Waals surface area contributed by atoms with Crippen LogP contribution in [0.2, 0.25) is 0 Å². The summed E-state index contributed by atoms with van der Waals surface area (Å²) >= 11 is 0. The molecule has 1 heterocycles. The van der Waals surface area contributed by atoms with Crippen LogP contribution in [0.15, 0.2) is 23.2 Å². The van der Waals surface area contributed by atoms with E-state index >= 15 is 0 Å². The molecule has 0 saturated heterocycles. The minimum atomic E-state index is -3.60. The van der Waals surface area contributed by atoms with E-state index in [1.54, 1.807) is 13.8 Å². The Morgan fingerprint density at radius 2 is 2.12 bits per heavy atom. The summed E-state index contributed by atoms with van der Waals surface area (Å²) in [7, 11) is -2.14. The fourth-order valence-electron chi connectivity index (χ4n) is 1.11. The molecule has 7 heteroatoms. The third-order valence-electron chi connectivity index (χ3n) is 2.15. The Morgan fingerprint density at radius 3 is 2.53 bits per heavy atom. The molecule has 6 nitrogen and oxygen atoms in total. The highest BCUT2D eigenvalue weighted by Crippen LogP contribution is 2.14. The number of aromatic nitrogens is 1. The van der Waals surface area contributed by atoms with Crippen molar-refractivity contribution >= 4 is 10.0 Å². The average molecular weight is 259 g/mol. The molecule has 0 aliphatic carbocycles. The first-order valence-electron chi connectivity index (χ1n) is 5.05. The second-order valence-electron chi connectivity index (χ2n) is 4.23. The van der Waals surface area contributed by atoms with Gasteiger partial charge in [0, 0.05) is 18.2 Å². The number of ether oxygens (including phenoxy) is 1. The summed E-state index contributed by atoms with van der Waals surface area (Å²) in [6.07, 6.45) is 1.24. The smallest absolute Gasteiger partial charge is 0.242 e. The van der Waals surface area contributed by atoms with Crippen LogP contribution in [0.5, 0.6) is 5.88 Å². The quantitative estimate of drug-likeness (QED) is 0.782. The number of hydrogen-bond donors (Lipinski definition) is 2. The van der Waals surface area contributed by atoms with Crippen LogP contribution in [0.3, 0.4) is 0 Å². The summed E-state index contributed by atoms with van der Waals surface area (Å²) in [6.45, 7) is 3.62. The zero-order chi connectivity index (χ0) is 13.1. The standard InChI is InChI=1S/C10H17N3O3S/c1-10(2,7-11)13-17(14,15)8-4-5-9(16-3)12-6-8/h4-6,13H,7,11H2,1-3H3. The minimum absolute atomic E-state index is 0.0832. The molecule has 0 fully saturated rings. The highest BCUT2D eigenvalue weighted by Gasteiger charge is 2.25. The van der Waals surface area contributed by atoms with Crippen LogP contribution in [-0.4, -0.2) is 32.6 Å². The molecular formula is C10H17N3O3S. The zero-order valence-corrected chi connectivity index (χ0v) is 10.9. The molecule has 1 aromatic rings. The average Bonchev–Trinajstić information content (AvgIpc) is 2.28. The molecule has 3 N–H and O–H groups in total. The molecule has 0 bridgehead atoms. The van der Waals surface area contributed by atoms with E-state index < -0.39 is 15.6 Å². The molecule has 0 radical (unpaired) electrons. The van der Waals surface area contributed by atoms with Crippen LogP contribution < -0.4 is 15.2 Å². The van der Waals surface area contributed by atoms with E-state index in [0.29, 0.717) is 5.88 Å². The van der Waals surface area contributed by atoms with Crippen molar-refractivity contribution in [1.82, 2.24) is 9.71 Å². The van der Waals surface area contributed by atoms with Crippen LogP contribution in [0, 0.1) is 0 Å². The number of pyridine rings is 1. The molecule has 0 atom stereocenters. The fourth-order valence-corrected chi connectivity index (χ4v) is 2.48. The lowest BCUT2D eigenvalue weighted by atomic mass is 10.1. The summed E-state index contributed by atoms with van der Waals surface area (Å²) < 4.78 is 31.3. The van der Waals surface area contributed by atoms with Gasteiger partial charge in [-0.05, 0) is 19.9 Å². The maximum Gasteiger partial charge on any atom is 0.242 e. The molecule has 96 valence electrons. The Bertz CT molecular complexity index is 468. The molecule has 0 aliphatic heterocycles. The Hall–Kier alpha value is -1.18. The van der Waals surface area contributed by atoms with Crippen molar-refractivity contribution in [2.45, 2.75) is 24.3 Å². The molecule has 1 rings (SSSR count). The van der Waals surface area contributed by atoms with Crippen LogP contribution >= 0.6 is 0 Å². The molecule has 0 aromatic carbocycles. The molecule has 17 heavy (non-hydrogen) atoms. The normalized spacial score (nSPS) is 12.5. The second kappa shape index (κ2) is 4.99.